The van der Waals surface area contributed by atoms with Gasteiger partial charge in [0, 0.05) is 29.5 Å². The van der Waals surface area contributed by atoms with E-state index in [1.807, 2.05) is 13.8 Å². The summed E-state index contributed by atoms with van der Waals surface area (Å²) >= 11 is 6.23. The Hall–Kier alpha value is -3.39. The van der Waals surface area contributed by atoms with E-state index in [4.69, 9.17) is 25.8 Å². The van der Waals surface area contributed by atoms with Gasteiger partial charge in [-0.05, 0) is 32.0 Å². The average molecular weight is 447 g/mol. The van der Waals surface area contributed by atoms with Gasteiger partial charge in [0.15, 0.2) is 0 Å². The third kappa shape index (κ3) is 5.03. The van der Waals surface area contributed by atoms with E-state index < -0.39 is 11.8 Å². The molecule has 7 nitrogen and oxygen atoms in total. The molecule has 9 heteroatoms. The smallest absolute Gasteiger partial charge is 0.340 e. The Morgan fingerprint density at radius 2 is 1.87 bits per heavy atom. The largest absolute Gasteiger partial charge is 0.481 e. The van der Waals surface area contributed by atoms with Crippen LogP contribution in [0.1, 0.15) is 24.2 Å². The monoisotopic (exact) mass is 446 g/mol. The summed E-state index contributed by atoms with van der Waals surface area (Å²) < 4.78 is 36.0. The van der Waals surface area contributed by atoms with Gasteiger partial charge in [0.1, 0.15) is 22.3 Å². The van der Waals surface area contributed by atoms with Crippen molar-refractivity contribution in [1.29, 1.82) is 0 Å². The number of aromatic nitrogens is 2. The van der Waals surface area contributed by atoms with Crippen molar-refractivity contribution in [2.45, 2.75) is 20.0 Å². The van der Waals surface area contributed by atoms with E-state index in [0.29, 0.717) is 11.1 Å². The maximum atomic E-state index is 14.7. The molecular formula is C22H20ClFN2O5. The Labute approximate surface area is 183 Å². The first-order valence-corrected chi connectivity index (χ1v) is 9.63. The summed E-state index contributed by atoms with van der Waals surface area (Å²) in [5.74, 6) is -0.764. The summed E-state index contributed by atoms with van der Waals surface area (Å²) in [6.07, 6.45) is 2.84. The minimum Gasteiger partial charge on any atom is -0.481 e. The van der Waals surface area contributed by atoms with Gasteiger partial charge in [0.2, 0.25) is 11.8 Å². The lowest BCUT2D eigenvalue weighted by atomic mass is 10.0. The van der Waals surface area contributed by atoms with E-state index in [-0.39, 0.29) is 39.9 Å². The zero-order chi connectivity index (χ0) is 22.5. The molecule has 0 amide bonds. The van der Waals surface area contributed by atoms with Crippen molar-refractivity contribution in [3.05, 3.63) is 59.1 Å². The number of esters is 1. The predicted octanol–water partition coefficient (Wildman–Crippen LogP) is 5.31. The van der Waals surface area contributed by atoms with Crippen LogP contribution in [-0.2, 0) is 4.74 Å². The van der Waals surface area contributed by atoms with Gasteiger partial charge < -0.3 is 18.9 Å². The van der Waals surface area contributed by atoms with Crippen molar-refractivity contribution < 1.29 is 28.1 Å². The standard InChI is InChI=1S/C22H20ClFN2O5/c1-12(2)30-21-17(23)8-13(11-26-21)31-19-10-18(24)16(22(27)29-4)9-15(19)14-6-5-7-25-20(14)28-3/h5-12H,1-4H3. The lowest BCUT2D eigenvalue weighted by Gasteiger charge is -2.16. The quantitative estimate of drug-likeness (QED) is 0.455. The van der Waals surface area contributed by atoms with Crippen LogP contribution in [0.5, 0.6) is 23.3 Å². The fourth-order valence-electron chi connectivity index (χ4n) is 2.78. The summed E-state index contributed by atoms with van der Waals surface area (Å²) in [5.41, 5.74) is 0.599. The first-order valence-electron chi connectivity index (χ1n) is 9.25. The molecule has 0 aliphatic rings. The predicted molar refractivity (Wildman–Crippen MR) is 113 cm³/mol. The zero-order valence-corrected chi connectivity index (χ0v) is 18.1. The van der Waals surface area contributed by atoms with E-state index in [2.05, 4.69) is 14.7 Å². The Morgan fingerprint density at radius 1 is 1.10 bits per heavy atom. The summed E-state index contributed by atoms with van der Waals surface area (Å²) in [4.78, 5) is 20.3. The maximum absolute atomic E-state index is 14.7. The molecular weight excluding hydrogens is 427 g/mol. The highest BCUT2D eigenvalue weighted by atomic mass is 35.5. The number of hydrogen-bond donors (Lipinski definition) is 0. The minimum absolute atomic E-state index is 0.104. The number of carbonyl (C=O) groups is 1. The van der Waals surface area contributed by atoms with Gasteiger partial charge in [-0.25, -0.2) is 19.2 Å². The maximum Gasteiger partial charge on any atom is 0.340 e. The highest BCUT2D eigenvalue weighted by Gasteiger charge is 2.21. The first-order chi connectivity index (χ1) is 14.8. The van der Waals surface area contributed by atoms with E-state index in [0.717, 1.165) is 6.07 Å². The van der Waals surface area contributed by atoms with Gasteiger partial charge >= 0.3 is 5.97 Å². The topological polar surface area (TPSA) is 79.8 Å². The molecule has 0 unspecified atom stereocenters. The van der Waals surface area contributed by atoms with Gasteiger partial charge in [-0.3, -0.25) is 0 Å². The zero-order valence-electron chi connectivity index (χ0n) is 17.3. The van der Waals surface area contributed by atoms with Crippen LogP contribution in [0.4, 0.5) is 4.39 Å². The van der Waals surface area contributed by atoms with E-state index in [1.165, 1.54) is 32.5 Å². The Bertz CT molecular complexity index is 1110. The van der Waals surface area contributed by atoms with Crippen LogP contribution in [0.15, 0.2) is 42.7 Å². The highest BCUT2D eigenvalue weighted by molar-refractivity contribution is 6.31. The molecule has 0 fully saturated rings. The molecule has 3 rings (SSSR count). The summed E-state index contributed by atoms with van der Waals surface area (Å²) in [7, 11) is 2.62. The van der Waals surface area contributed by atoms with Crippen molar-refractivity contribution in [2.24, 2.45) is 0 Å². The molecule has 0 spiro atoms. The van der Waals surface area contributed by atoms with Crippen LogP contribution in [0, 0.1) is 5.82 Å². The first kappa shape index (κ1) is 22.3. The van der Waals surface area contributed by atoms with Crippen molar-refractivity contribution in [1.82, 2.24) is 9.97 Å². The second-order valence-corrected chi connectivity index (χ2v) is 7.01. The third-order valence-corrected chi connectivity index (χ3v) is 4.36. The fourth-order valence-corrected chi connectivity index (χ4v) is 2.98. The molecule has 0 saturated carbocycles. The number of hydrogen-bond acceptors (Lipinski definition) is 7. The van der Waals surface area contributed by atoms with Gasteiger partial charge in [0.05, 0.1) is 32.1 Å². The second-order valence-electron chi connectivity index (χ2n) is 6.61. The molecule has 0 aliphatic carbocycles. The number of carbonyl (C=O) groups excluding carboxylic acids is 1. The third-order valence-electron chi connectivity index (χ3n) is 4.09. The average Bonchev–Trinajstić information content (AvgIpc) is 2.75. The molecule has 0 N–H and O–H groups in total. The summed E-state index contributed by atoms with van der Waals surface area (Å²) in [6, 6.07) is 7.29. The Balaban J connectivity index is 2.10. The van der Waals surface area contributed by atoms with Gasteiger partial charge in [-0.2, -0.15) is 0 Å². The van der Waals surface area contributed by atoms with Crippen LogP contribution in [0.2, 0.25) is 5.02 Å². The van der Waals surface area contributed by atoms with Gasteiger partial charge in [0.25, 0.3) is 0 Å². The molecule has 0 radical (unpaired) electrons. The molecule has 1 aromatic carbocycles. The van der Waals surface area contributed by atoms with E-state index in [1.54, 1.807) is 18.3 Å². The van der Waals surface area contributed by atoms with Crippen molar-refractivity contribution >= 4 is 17.6 Å². The Kier molecular flexibility index (Phi) is 6.91. The number of methoxy groups -OCH3 is 2. The molecule has 0 bridgehead atoms. The number of pyridine rings is 2. The normalized spacial score (nSPS) is 10.7. The number of rotatable bonds is 7. The van der Waals surface area contributed by atoms with E-state index in [9.17, 15) is 9.18 Å². The Morgan fingerprint density at radius 3 is 2.52 bits per heavy atom. The van der Waals surface area contributed by atoms with Crippen molar-refractivity contribution in [3.8, 4) is 34.4 Å². The molecule has 0 saturated heterocycles. The summed E-state index contributed by atoms with van der Waals surface area (Å²) in [5, 5.41) is 0.235. The van der Waals surface area contributed by atoms with Gasteiger partial charge in [-0.1, -0.05) is 11.6 Å². The second kappa shape index (κ2) is 9.61. The molecule has 31 heavy (non-hydrogen) atoms. The van der Waals surface area contributed by atoms with Crippen LogP contribution in [0.25, 0.3) is 11.1 Å². The SMILES string of the molecule is COC(=O)c1cc(-c2cccnc2OC)c(Oc2cnc(OC(C)C)c(Cl)c2)cc1F. The van der Waals surface area contributed by atoms with Crippen molar-refractivity contribution in [3.63, 3.8) is 0 Å². The summed E-state index contributed by atoms with van der Waals surface area (Å²) in [6.45, 7) is 3.70. The van der Waals surface area contributed by atoms with Crippen LogP contribution in [0.3, 0.4) is 0 Å². The highest BCUT2D eigenvalue weighted by Crippen LogP contribution is 2.40. The minimum atomic E-state index is -0.826. The number of halogens is 2. The number of ether oxygens (including phenoxy) is 4. The molecule has 0 atom stereocenters. The molecule has 2 aromatic heterocycles. The van der Waals surface area contributed by atoms with Crippen LogP contribution < -0.4 is 14.2 Å². The van der Waals surface area contributed by atoms with Crippen LogP contribution in [-0.4, -0.2) is 36.3 Å². The fraction of sp³-hybridized carbons (Fsp3) is 0.227. The number of benzene rings is 1. The van der Waals surface area contributed by atoms with E-state index >= 15 is 0 Å². The lowest BCUT2D eigenvalue weighted by molar-refractivity contribution is 0.0595. The molecule has 162 valence electrons. The lowest BCUT2D eigenvalue weighted by Crippen LogP contribution is -2.07. The molecule has 0 aliphatic heterocycles. The number of nitrogens with zero attached hydrogens (tertiary/aromatic N) is 2. The van der Waals surface area contributed by atoms with Gasteiger partial charge in [-0.15, -0.1) is 0 Å². The van der Waals surface area contributed by atoms with Crippen LogP contribution >= 0.6 is 11.6 Å². The van der Waals surface area contributed by atoms with Crippen molar-refractivity contribution in [2.75, 3.05) is 14.2 Å². The molecule has 2 heterocycles. The molecule has 3 aromatic rings.